The van der Waals surface area contributed by atoms with Crippen molar-refractivity contribution in [3.05, 3.63) is 85.6 Å². The lowest BCUT2D eigenvalue weighted by Gasteiger charge is -2.10. The quantitative estimate of drug-likeness (QED) is 0.421. The van der Waals surface area contributed by atoms with Gasteiger partial charge in [0.1, 0.15) is 0 Å². The summed E-state index contributed by atoms with van der Waals surface area (Å²) in [6.07, 6.45) is 0. The number of nitrogens with zero attached hydrogens (tertiary/aromatic N) is 1. The van der Waals surface area contributed by atoms with Crippen LogP contribution in [0.4, 0.5) is 11.4 Å². The molecule has 0 bridgehead atoms. The lowest BCUT2D eigenvalue weighted by molar-refractivity contribution is -0.385. The molecule has 30 heavy (non-hydrogen) atoms. The Balaban J connectivity index is 1.70. The lowest BCUT2D eigenvalue weighted by Crippen LogP contribution is -2.22. The summed E-state index contributed by atoms with van der Waals surface area (Å²) in [6, 6.07) is 11.6. The molecule has 1 amide bonds. The monoisotopic (exact) mass is 445 g/mol. The van der Waals surface area contributed by atoms with Crippen molar-refractivity contribution < 1.29 is 18.1 Å². The zero-order valence-electron chi connectivity index (χ0n) is 16.2. The van der Waals surface area contributed by atoms with Crippen LogP contribution >= 0.6 is 11.3 Å². The maximum Gasteiger partial charge on any atom is 0.273 e. The first-order valence-corrected chi connectivity index (χ1v) is 11.2. The van der Waals surface area contributed by atoms with Gasteiger partial charge in [0.25, 0.3) is 21.6 Å². The Hall–Kier alpha value is -3.24. The Morgan fingerprint density at radius 3 is 2.37 bits per heavy atom. The Bertz CT molecular complexity index is 1200. The highest BCUT2D eigenvalue weighted by Gasteiger charge is 2.20. The van der Waals surface area contributed by atoms with Crippen molar-refractivity contribution >= 4 is 38.6 Å². The number of nitro benzene ring substituents is 1. The van der Waals surface area contributed by atoms with Crippen LogP contribution < -0.4 is 10.0 Å². The molecule has 1 aromatic heterocycles. The summed E-state index contributed by atoms with van der Waals surface area (Å²) in [5.74, 6) is -0.272. The van der Waals surface area contributed by atoms with Crippen LogP contribution in [-0.4, -0.2) is 19.2 Å². The molecule has 3 aromatic rings. The van der Waals surface area contributed by atoms with Gasteiger partial charge in [-0.2, -0.15) is 0 Å². The Morgan fingerprint density at radius 2 is 1.77 bits per heavy atom. The zero-order chi connectivity index (χ0) is 21.9. The molecule has 0 aliphatic heterocycles. The number of nitro groups is 1. The fourth-order valence-electron chi connectivity index (χ4n) is 2.70. The average Bonchev–Trinajstić information content (AvgIpc) is 3.11. The van der Waals surface area contributed by atoms with Gasteiger partial charge in [0.2, 0.25) is 0 Å². The van der Waals surface area contributed by atoms with E-state index in [1.54, 1.807) is 11.3 Å². The standard InChI is InChI=1S/C20H19N3O5S2/c1-13-3-8-17(11-18(13)23(25)26)30(27,28)22-16-6-4-15(5-7-16)20(24)21-12-19-14(2)9-10-29-19/h3-11,22H,12H2,1-2H3,(H,21,24). The molecule has 0 radical (unpaired) electrons. The minimum Gasteiger partial charge on any atom is -0.347 e. The Morgan fingerprint density at radius 1 is 1.07 bits per heavy atom. The number of anilines is 1. The summed E-state index contributed by atoms with van der Waals surface area (Å²) in [4.78, 5) is 23.6. The summed E-state index contributed by atoms with van der Waals surface area (Å²) in [6.45, 7) is 3.93. The van der Waals surface area contributed by atoms with Crippen molar-refractivity contribution in [2.75, 3.05) is 4.72 Å². The molecular weight excluding hydrogens is 426 g/mol. The summed E-state index contributed by atoms with van der Waals surface area (Å²) >= 11 is 1.56. The van der Waals surface area contributed by atoms with E-state index in [1.165, 1.54) is 43.3 Å². The van der Waals surface area contributed by atoms with E-state index in [4.69, 9.17) is 0 Å². The second-order valence-corrected chi connectivity index (χ2v) is 9.28. The van der Waals surface area contributed by atoms with Gasteiger partial charge in [0.05, 0.1) is 16.4 Å². The average molecular weight is 446 g/mol. The molecule has 3 rings (SSSR count). The number of amides is 1. The number of thiophene rings is 1. The molecule has 10 heteroatoms. The predicted molar refractivity (Wildman–Crippen MR) is 115 cm³/mol. The first kappa shape index (κ1) is 21.5. The van der Waals surface area contributed by atoms with E-state index in [-0.39, 0.29) is 22.2 Å². The van der Waals surface area contributed by atoms with Gasteiger partial charge in [0.15, 0.2) is 0 Å². The third kappa shape index (κ3) is 4.84. The van der Waals surface area contributed by atoms with Crippen molar-refractivity contribution in [3.63, 3.8) is 0 Å². The fraction of sp³-hybridized carbons (Fsp3) is 0.150. The molecule has 0 saturated heterocycles. The van der Waals surface area contributed by atoms with E-state index in [2.05, 4.69) is 10.0 Å². The zero-order valence-corrected chi connectivity index (χ0v) is 17.8. The molecule has 0 unspecified atom stereocenters. The summed E-state index contributed by atoms with van der Waals surface area (Å²) < 4.78 is 27.5. The number of aryl methyl sites for hydroxylation is 2. The van der Waals surface area contributed by atoms with Crippen LogP contribution in [0.1, 0.15) is 26.4 Å². The molecule has 2 aromatic carbocycles. The molecule has 0 spiro atoms. The first-order chi connectivity index (χ1) is 14.2. The molecule has 0 aliphatic carbocycles. The van der Waals surface area contributed by atoms with Gasteiger partial charge in [-0.3, -0.25) is 19.6 Å². The third-order valence-corrected chi connectivity index (χ3v) is 6.87. The first-order valence-electron chi connectivity index (χ1n) is 8.86. The largest absolute Gasteiger partial charge is 0.347 e. The molecule has 0 aliphatic rings. The molecular formula is C20H19N3O5S2. The molecule has 8 nitrogen and oxygen atoms in total. The van der Waals surface area contributed by atoms with E-state index in [0.29, 0.717) is 17.7 Å². The lowest BCUT2D eigenvalue weighted by atomic mass is 10.2. The summed E-state index contributed by atoms with van der Waals surface area (Å²) in [5, 5.41) is 15.8. The topological polar surface area (TPSA) is 118 Å². The second-order valence-electron chi connectivity index (χ2n) is 6.60. The maximum absolute atomic E-state index is 12.6. The van der Waals surface area contributed by atoms with Crippen LogP contribution in [-0.2, 0) is 16.6 Å². The van der Waals surface area contributed by atoms with E-state index in [0.717, 1.165) is 16.5 Å². The van der Waals surface area contributed by atoms with E-state index in [9.17, 15) is 23.3 Å². The van der Waals surface area contributed by atoms with Gasteiger partial charge in [-0.25, -0.2) is 8.42 Å². The van der Waals surface area contributed by atoms with E-state index < -0.39 is 14.9 Å². The number of sulfonamides is 1. The maximum atomic E-state index is 12.6. The minimum atomic E-state index is -4.02. The molecule has 0 fully saturated rings. The molecule has 0 atom stereocenters. The Labute approximate surface area is 177 Å². The van der Waals surface area contributed by atoms with Gasteiger partial charge >= 0.3 is 0 Å². The summed E-state index contributed by atoms with van der Waals surface area (Å²) in [7, 11) is -4.02. The smallest absolute Gasteiger partial charge is 0.273 e. The second kappa shape index (κ2) is 8.64. The van der Waals surface area contributed by atoms with Crippen LogP contribution in [0.3, 0.4) is 0 Å². The van der Waals surface area contributed by atoms with Crippen LogP contribution in [0, 0.1) is 24.0 Å². The van der Waals surface area contributed by atoms with Crippen molar-refractivity contribution in [1.29, 1.82) is 0 Å². The fourth-order valence-corrected chi connectivity index (χ4v) is 4.63. The molecule has 1 heterocycles. The molecule has 0 saturated carbocycles. The van der Waals surface area contributed by atoms with Gasteiger partial charge in [0, 0.05) is 27.8 Å². The van der Waals surface area contributed by atoms with Crippen molar-refractivity contribution in [2.24, 2.45) is 0 Å². The molecule has 2 N–H and O–H groups in total. The Kier molecular flexibility index (Phi) is 6.18. The SMILES string of the molecule is Cc1ccc(S(=O)(=O)Nc2ccc(C(=O)NCc3sccc3C)cc2)cc1[N+](=O)[O-]. The van der Waals surface area contributed by atoms with E-state index >= 15 is 0 Å². The number of rotatable bonds is 7. The summed E-state index contributed by atoms with van der Waals surface area (Å²) in [5.41, 5.74) is 1.83. The van der Waals surface area contributed by atoms with Crippen molar-refractivity contribution in [2.45, 2.75) is 25.3 Å². The van der Waals surface area contributed by atoms with Crippen LogP contribution in [0.15, 0.2) is 58.8 Å². The number of benzene rings is 2. The van der Waals surface area contributed by atoms with Crippen molar-refractivity contribution in [3.8, 4) is 0 Å². The normalized spacial score (nSPS) is 11.1. The number of carbonyl (C=O) groups excluding carboxylic acids is 1. The van der Waals surface area contributed by atoms with Gasteiger partial charge in [-0.1, -0.05) is 6.07 Å². The third-order valence-electron chi connectivity index (χ3n) is 4.46. The van der Waals surface area contributed by atoms with Gasteiger partial charge in [-0.05, 0) is 61.2 Å². The highest BCUT2D eigenvalue weighted by Crippen LogP contribution is 2.24. The number of hydrogen-bond acceptors (Lipinski definition) is 6. The number of carbonyl (C=O) groups is 1. The van der Waals surface area contributed by atoms with Crippen LogP contribution in [0.25, 0.3) is 0 Å². The minimum absolute atomic E-state index is 0.215. The number of hydrogen-bond donors (Lipinski definition) is 2. The van der Waals surface area contributed by atoms with Gasteiger partial charge < -0.3 is 5.32 Å². The van der Waals surface area contributed by atoms with Gasteiger partial charge in [-0.15, -0.1) is 11.3 Å². The predicted octanol–water partition coefficient (Wildman–Crippen LogP) is 4.00. The highest BCUT2D eigenvalue weighted by molar-refractivity contribution is 7.92. The van der Waals surface area contributed by atoms with E-state index in [1.807, 2.05) is 18.4 Å². The number of nitrogens with one attached hydrogen (secondary N) is 2. The molecule has 156 valence electrons. The van der Waals surface area contributed by atoms with Crippen LogP contribution in [0.5, 0.6) is 0 Å². The van der Waals surface area contributed by atoms with Crippen molar-refractivity contribution in [1.82, 2.24) is 5.32 Å². The highest BCUT2D eigenvalue weighted by atomic mass is 32.2. The van der Waals surface area contributed by atoms with Crippen LogP contribution in [0.2, 0.25) is 0 Å².